The van der Waals surface area contributed by atoms with Gasteiger partial charge < -0.3 is 0 Å². The molecule has 0 saturated carbocycles. The second-order valence-electron chi connectivity index (χ2n) is 10.4. The van der Waals surface area contributed by atoms with E-state index in [0.717, 1.165) is 37.6 Å². The lowest BCUT2D eigenvalue weighted by molar-refractivity contribution is 0.589. The normalized spacial score (nSPS) is 12.5. The second-order valence-corrected chi connectivity index (χ2v) is 11.5. The van der Waals surface area contributed by atoms with Crippen molar-refractivity contribution in [2.24, 2.45) is 0 Å². The molecular formula is C32H28N2S. The first kappa shape index (κ1) is 20.8. The topological polar surface area (TPSA) is 25.8 Å². The fourth-order valence-electron chi connectivity index (χ4n) is 5.04. The number of benzene rings is 4. The first-order valence-electron chi connectivity index (χ1n) is 12.5. The quantitative estimate of drug-likeness (QED) is 0.250. The van der Waals surface area contributed by atoms with Crippen LogP contribution in [-0.2, 0) is 5.41 Å². The van der Waals surface area contributed by atoms with Gasteiger partial charge in [-0.05, 0) is 70.0 Å². The summed E-state index contributed by atoms with van der Waals surface area (Å²) in [6.45, 7) is 11.2. The van der Waals surface area contributed by atoms with Crippen molar-refractivity contribution in [1.29, 1.82) is 0 Å². The van der Waals surface area contributed by atoms with Crippen molar-refractivity contribution in [2.75, 3.05) is 0 Å². The Morgan fingerprint density at radius 2 is 1.54 bits per heavy atom. The molecule has 0 N–H and O–H groups in total. The summed E-state index contributed by atoms with van der Waals surface area (Å²) in [4.78, 5) is 9.35. The molecule has 2 aromatic heterocycles. The van der Waals surface area contributed by atoms with E-state index in [1.54, 1.807) is 17.7 Å². The van der Waals surface area contributed by atoms with Gasteiger partial charge in [-0.1, -0.05) is 81.4 Å². The van der Waals surface area contributed by atoms with Crippen LogP contribution in [0, 0.1) is 13.8 Å². The summed E-state index contributed by atoms with van der Waals surface area (Å²) in [5.41, 5.74) is 9.47. The summed E-state index contributed by atoms with van der Waals surface area (Å²) in [6, 6.07) is 24.0. The van der Waals surface area contributed by atoms with Crippen molar-refractivity contribution in [3.63, 3.8) is 0 Å². The molecule has 0 atom stereocenters. The second kappa shape index (κ2) is 8.00. The molecule has 0 bridgehead atoms. The number of aromatic nitrogens is 2. The molecule has 0 aliphatic rings. The van der Waals surface area contributed by atoms with E-state index in [9.17, 15) is 0 Å². The van der Waals surface area contributed by atoms with Crippen molar-refractivity contribution < 1.29 is 1.37 Å². The summed E-state index contributed by atoms with van der Waals surface area (Å²) in [5.74, 6) is 0. The van der Waals surface area contributed by atoms with Crippen LogP contribution >= 0.6 is 11.3 Å². The van der Waals surface area contributed by atoms with Crippen LogP contribution in [-0.4, -0.2) is 9.97 Å². The lowest BCUT2D eigenvalue weighted by Crippen LogP contribution is -2.12. The third-order valence-corrected chi connectivity index (χ3v) is 8.02. The van der Waals surface area contributed by atoms with Crippen LogP contribution in [0.4, 0.5) is 0 Å². The highest BCUT2D eigenvalue weighted by Gasteiger charge is 2.18. The van der Waals surface area contributed by atoms with E-state index in [-0.39, 0.29) is 5.41 Å². The standard InChI is InChI=1S/C32H28N2S/c1-19-14-25(32(3,4)5)15-20(2)28(19)23-12-13-26-27(17-23)35-31-29(33-18-34-30(26)31)24-11-10-21-8-6-7-9-22(21)16-24/h6-18H,1-5H3/i10D. The molecule has 0 aliphatic heterocycles. The van der Waals surface area contributed by atoms with Crippen LogP contribution in [0.5, 0.6) is 0 Å². The minimum atomic E-state index is 0.125. The Labute approximate surface area is 211 Å². The van der Waals surface area contributed by atoms with Gasteiger partial charge in [0.1, 0.15) is 6.33 Å². The van der Waals surface area contributed by atoms with E-state index in [2.05, 4.69) is 87.1 Å². The largest absolute Gasteiger partial charge is 0.235 e. The summed E-state index contributed by atoms with van der Waals surface area (Å²) in [6.07, 6.45) is 1.65. The average molecular weight is 474 g/mol. The van der Waals surface area contributed by atoms with Crippen molar-refractivity contribution in [1.82, 2.24) is 9.97 Å². The summed E-state index contributed by atoms with van der Waals surface area (Å²) >= 11 is 1.74. The van der Waals surface area contributed by atoms with Crippen LogP contribution in [0.2, 0.25) is 0 Å². The van der Waals surface area contributed by atoms with Crippen LogP contribution in [0.3, 0.4) is 0 Å². The van der Waals surface area contributed by atoms with Crippen molar-refractivity contribution in [3.05, 3.63) is 95.8 Å². The molecule has 6 aromatic rings. The zero-order valence-corrected chi connectivity index (χ0v) is 21.5. The van der Waals surface area contributed by atoms with Gasteiger partial charge in [0, 0.05) is 15.6 Å². The molecule has 0 spiro atoms. The van der Waals surface area contributed by atoms with Gasteiger partial charge in [-0.2, -0.15) is 0 Å². The maximum atomic E-state index is 8.55. The van der Waals surface area contributed by atoms with Gasteiger partial charge in [-0.3, -0.25) is 0 Å². The Bertz CT molecular complexity index is 1780. The van der Waals surface area contributed by atoms with Gasteiger partial charge in [-0.15, -0.1) is 11.3 Å². The number of nitrogens with zero attached hydrogens (tertiary/aromatic N) is 2. The molecule has 35 heavy (non-hydrogen) atoms. The third-order valence-electron chi connectivity index (χ3n) is 6.87. The Balaban J connectivity index is 1.53. The van der Waals surface area contributed by atoms with Crippen LogP contribution in [0.1, 0.15) is 38.8 Å². The van der Waals surface area contributed by atoms with E-state index in [1.807, 2.05) is 24.3 Å². The zero-order chi connectivity index (χ0) is 25.2. The Morgan fingerprint density at radius 3 is 2.29 bits per heavy atom. The van der Waals surface area contributed by atoms with E-state index < -0.39 is 0 Å². The molecule has 0 radical (unpaired) electrons. The predicted octanol–water partition coefficient (Wildman–Crippen LogP) is 9.25. The zero-order valence-electron chi connectivity index (χ0n) is 21.7. The average Bonchev–Trinajstić information content (AvgIpc) is 3.21. The van der Waals surface area contributed by atoms with Gasteiger partial charge in [0.15, 0.2) is 0 Å². The molecule has 2 heterocycles. The summed E-state index contributed by atoms with van der Waals surface area (Å²) in [7, 11) is 0. The molecule has 0 saturated heterocycles. The number of hydrogen-bond donors (Lipinski definition) is 0. The molecule has 172 valence electrons. The van der Waals surface area contributed by atoms with Crippen molar-refractivity contribution >= 4 is 42.4 Å². The highest BCUT2D eigenvalue weighted by molar-refractivity contribution is 7.26. The Hall–Kier alpha value is -3.56. The van der Waals surface area contributed by atoms with Gasteiger partial charge in [-0.25, -0.2) is 9.97 Å². The number of aryl methyl sites for hydroxylation is 2. The molecule has 4 aromatic carbocycles. The Morgan fingerprint density at radius 1 is 0.800 bits per heavy atom. The van der Waals surface area contributed by atoms with Gasteiger partial charge in [0.05, 0.1) is 17.3 Å². The van der Waals surface area contributed by atoms with Gasteiger partial charge >= 0.3 is 0 Å². The lowest BCUT2D eigenvalue weighted by Gasteiger charge is -2.22. The van der Waals surface area contributed by atoms with Crippen molar-refractivity contribution in [3.8, 4) is 22.4 Å². The SMILES string of the molecule is [2H]c1cc(-c2ncnc3c2sc2cc(-c4c(C)cc(C(C)(C)C)cc4C)ccc23)cc2ccccc12. The fraction of sp³-hybridized carbons (Fsp3) is 0.188. The highest BCUT2D eigenvalue weighted by atomic mass is 32.1. The lowest BCUT2D eigenvalue weighted by atomic mass is 9.82. The van der Waals surface area contributed by atoms with E-state index in [4.69, 9.17) is 1.37 Å². The van der Waals surface area contributed by atoms with Crippen LogP contribution in [0.15, 0.2) is 79.1 Å². The van der Waals surface area contributed by atoms with Crippen LogP contribution in [0.25, 0.3) is 53.5 Å². The fourth-order valence-corrected chi connectivity index (χ4v) is 6.25. The first-order chi connectivity index (χ1) is 17.2. The van der Waals surface area contributed by atoms with E-state index in [1.165, 1.54) is 32.5 Å². The molecule has 0 fully saturated rings. The third kappa shape index (κ3) is 3.71. The van der Waals surface area contributed by atoms with E-state index in [0.29, 0.717) is 6.04 Å². The summed E-state index contributed by atoms with van der Waals surface area (Å²) in [5, 5.41) is 3.16. The number of rotatable bonds is 2. The summed E-state index contributed by atoms with van der Waals surface area (Å²) < 4.78 is 10.8. The molecular weight excluding hydrogens is 444 g/mol. The highest BCUT2D eigenvalue weighted by Crippen LogP contribution is 2.41. The minimum absolute atomic E-state index is 0.125. The van der Waals surface area contributed by atoms with Crippen LogP contribution < -0.4 is 0 Å². The molecule has 3 heteroatoms. The number of thiophene rings is 1. The smallest absolute Gasteiger partial charge is 0.116 e. The minimum Gasteiger partial charge on any atom is -0.235 e. The van der Waals surface area contributed by atoms with Gasteiger partial charge in [0.2, 0.25) is 0 Å². The molecule has 0 unspecified atom stereocenters. The molecule has 6 rings (SSSR count). The monoisotopic (exact) mass is 473 g/mol. The maximum absolute atomic E-state index is 8.55. The Kier molecular flexibility index (Phi) is 4.75. The predicted molar refractivity (Wildman–Crippen MR) is 151 cm³/mol. The van der Waals surface area contributed by atoms with E-state index >= 15 is 0 Å². The first-order valence-corrected chi connectivity index (χ1v) is 12.8. The molecule has 0 aliphatic carbocycles. The molecule has 2 nitrogen and oxygen atoms in total. The van der Waals surface area contributed by atoms with Gasteiger partial charge in [0.25, 0.3) is 0 Å². The van der Waals surface area contributed by atoms with Crippen molar-refractivity contribution in [2.45, 2.75) is 40.0 Å². The maximum Gasteiger partial charge on any atom is 0.116 e. The number of hydrogen-bond acceptors (Lipinski definition) is 3. The molecule has 0 amide bonds. The number of fused-ring (bicyclic) bond motifs is 4.